The van der Waals surface area contributed by atoms with Gasteiger partial charge in [0.15, 0.2) is 11.0 Å². The standard InChI is InChI=1S/C25H26ClN5S/c1-15(2)9-17-13-31(23-11-18(26)6-7-19(17)23)25-29-22(14-32-25)24-27-20-8-5-16(12-30(3)4)10-21(20)28-24/h5-8,10-11,13-15H,9,12H2,1-4H3,(H,27,28). The number of H-pyrrole nitrogens is 1. The summed E-state index contributed by atoms with van der Waals surface area (Å²) in [5.41, 5.74) is 6.50. The van der Waals surface area contributed by atoms with E-state index in [1.54, 1.807) is 11.3 Å². The minimum absolute atomic E-state index is 0.574. The minimum Gasteiger partial charge on any atom is -0.337 e. The molecule has 0 aliphatic carbocycles. The number of nitrogens with zero attached hydrogens (tertiary/aromatic N) is 4. The van der Waals surface area contributed by atoms with Crippen molar-refractivity contribution in [3.05, 3.63) is 64.1 Å². The number of aromatic amines is 1. The smallest absolute Gasteiger partial charge is 0.194 e. The number of rotatable bonds is 6. The van der Waals surface area contributed by atoms with E-state index in [1.807, 2.05) is 12.1 Å². The van der Waals surface area contributed by atoms with Crippen molar-refractivity contribution in [3.63, 3.8) is 0 Å². The molecule has 3 heterocycles. The van der Waals surface area contributed by atoms with Crippen LogP contribution < -0.4 is 0 Å². The summed E-state index contributed by atoms with van der Waals surface area (Å²) in [4.78, 5) is 15.3. The van der Waals surface area contributed by atoms with Gasteiger partial charge in [0, 0.05) is 28.5 Å². The number of nitrogens with one attached hydrogen (secondary N) is 1. The van der Waals surface area contributed by atoms with Crippen LogP contribution in [0.25, 0.3) is 38.6 Å². The third-order valence-electron chi connectivity index (χ3n) is 5.46. The number of hydrogen-bond donors (Lipinski definition) is 1. The first-order chi connectivity index (χ1) is 15.4. The van der Waals surface area contributed by atoms with Crippen molar-refractivity contribution in [3.8, 4) is 16.6 Å². The number of halogens is 1. The maximum Gasteiger partial charge on any atom is 0.194 e. The van der Waals surface area contributed by atoms with E-state index in [-0.39, 0.29) is 0 Å². The van der Waals surface area contributed by atoms with Crippen LogP contribution in [0.2, 0.25) is 5.02 Å². The Kier molecular flexibility index (Phi) is 5.53. The molecule has 2 aromatic carbocycles. The van der Waals surface area contributed by atoms with Crippen molar-refractivity contribution < 1.29 is 0 Å². The maximum absolute atomic E-state index is 6.34. The molecule has 0 atom stereocenters. The predicted molar refractivity (Wildman–Crippen MR) is 135 cm³/mol. The number of benzene rings is 2. The highest BCUT2D eigenvalue weighted by Gasteiger charge is 2.16. The Morgan fingerprint density at radius 1 is 1.12 bits per heavy atom. The molecule has 0 unspecified atom stereocenters. The zero-order valence-corrected chi connectivity index (χ0v) is 20.3. The highest BCUT2D eigenvalue weighted by molar-refractivity contribution is 7.12. The predicted octanol–water partition coefficient (Wildman–Crippen LogP) is 6.54. The lowest BCUT2D eigenvalue weighted by molar-refractivity contribution is 0.402. The average molecular weight is 464 g/mol. The first-order valence-corrected chi connectivity index (χ1v) is 12.0. The molecule has 5 aromatic rings. The zero-order valence-electron chi connectivity index (χ0n) is 18.7. The molecule has 164 valence electrons. The van der Waals surface area contributed by atoms with Crippen molar-refractivity contribution in [2.75, 3.05) is 14.1 Å². The fraction of sp³-hybridized carbons (Fsp3) is 0.280. The van der Waals surface area contributed by atoms with Gasteiger partial charge in [-0.05, 0) is 61.8 Å². The molecular weight excluding hydrogens is 438 g/mol. The van der Waals surface area contributed by atoms with Crippen LogP contribution in [0.1, 0.15) is 25.0 Å². The molecule has 32 heavy (non-hydrogen) atoms. The molecule has 0 saturated heterocycles. The molecule has 0 aliphatic heterocycles. The summed E-state index contributed by atoms with van der Waals surface area (Å²) in [6, 6.07) is 12.5. The van der Waals surface area contributed by atoms with Crippen molar-refractivity contribution in [1.29, 1.82) is 0 Å². The Balaban J connectivity index is 1.54. The molecule has 0 spiro atoms. The molecule has 0 bridgehead atoms. The lowest BCUT2D eigenvalue weighted by Crippen LogP contribution is -2.10. The van der Waals surface area contributed by atoms with Gasteiger partial charge in [-0.3, -0.25) is 4.57 Å². The molecule has 0 radical (unpaired) electrons. The quantitative estimate of drug-likeness (QED) is 0.311. The maximum atomic E-state index is 6.34. The van der Waals surface area contributed by atoms with Crippen LogP contribution in [-0.4, -0.2) is 38.5 Å². The lowest BCUT2D eigenvalue weighted by atomic mass is 10.0. The van der Waals surface area contributed by atoms with Gasteiger partial charge >= 0.3 is 0 Å². The fourth-order valence-electron chi connectivity index (χ4n) is 4.16. The number of fused-ring (bicyclic) bond motifs is 2. The highest BCUT2D eigenvalue weighted by Crippen LogP contribution is 2.32. The van der Waals surface area contributed by atoms with Crippen molar-refractivity contribution >= 4 is 44.9 Å². The van der Waals surface area contributed by atoms with Gasteiger partial charge in [-0.15, -0.1) is 11.3 Å². The van der Waals surface area contributed by atoms with Gasteiger partial charge in [0.1, 0.15) is 5.69 Å². The molecule has 1 N–H and O–H groups in total. The van der Waals surface area contributed by atoms with Gasteiger partial charge in [0.2, 0.25) is 0 Å². The van der Waals surface area contributed by atoms with Crippen molar-refractivity contribution in [1.82, 2.24) is 24.4 Å². The van der Waals surface area contributed by atoms with Crippen LogP contribution >= 0.6 is 22.9 Å². The van der Waals surface area contributed by atoms with E-state index in [0.29, 0.717) is 5.92 Å². The van der Waals surface area contributed by atoms with E-state index in [9.17, 15) is 0 Å². The topological polar surface area (TPSA) is 49.7 Å². The SMILES string of the molecule is CC(C)Cc1cn(-c2nc(-c3nc4ccc(CN(C)C)cc4[nH]3)cs2)c2cc(Cl)ccc12. The summed E-state index contributed by atoms with van der Waals surface area (Å²) in [7, 11) is 4.15. The summed E-state index contributed by atoms with van der Waals surface area (Å²) in [6.07, 6.45) is 3.22. The van der Waals surface area contributed by atoms with Gasteiger partial charge in [0.25, 0.3) is 0 Å². The first-order valence-electron chi connectivity index (χ1n) is 10.8. The molecule has 5 nitrogen and oxygen atoms in total. The number of aromatic nitrogens is 4. The van der Waals surface area contributed by atoms with Gasteiger partial charge in [-0.2, -0.15) is 0 Å². The van der Waals surface area contributed by atoms with Crippen LogP contribution in [0.15, 0.2) is 48.0 Å². The Morgan fingerprint density at radius 2 is 1.97 bits per heavy atom. The molecule has 0 fully saturated rings. The number of imidazole rings is 1. The Labute approximate surface area is 196 Å². The molecule has 0 amide bonds. The van der Waals surface area contributed by atoms with E-state index in [1.165, 1.54) is 16.5 Å². The van der Waals surface area contributed by atoms with Crippen LogP contribution in [0.5, 0.6) is 0 Å². The molecule has 5 rings (SSSR count). The van der Waals surface area contributed by atoms with Crippen LogP contribution in [0, 0.1) is 5.92 Å². The molecular formula is C25H26ClN5S. The Bertz CT molecular complexity index is 1410. The highest BCUT2D eigenvalue weighted by atomic mass is 35.5. The molecule has 3 aromatic heterocycles. The average Bonchev–Trinajstić information content (AvgIpc) is 3.43. The molecule has 0 aliphatic rings. The van der Waals surface area contributed by atoms with E-state index >= 15 is 0 Å². The summed E-state index contributed by atoms with van der Waals surface area (Å²) >= 11 is 7.95. The third-order valence-corrected chi connectivity index (χ3v) is 6.54. The van der Waals surface area contributed by atoms with Gasteiger partial charge in [-0.25, -0.2) is 9.97 Å². The second-order valence-electron chi connectivity index (χ2n) is 8.97. The van der Waals surface area contributed by atoms with E-state index < -0.39 is 0 Å². The van der Waals surface area contributed by atoms with E-state index in [0.717, 1.165) is 51.2 Å². The second kappa shape index (κ2) is 8.35. The van der Waals surface area contributed by atoms with Gasteiger partial charge < -0.3 is 9.88 Å². The third kappa shape index (κ3) is 4.06. The van der Waals surface area contributed by atoms with Crippen LogP contribution in [-0.2, 0) is 13.0 Å². The van der Waals surface area contributed by atoms with Gasteiger partial charge in [0.05, 0.1) is 16.6 Å². The molecule has 0 saturated carbocycles. The summed E-state index contributed by atoms with van der Waals surface area (Å²) < 4.78 is 2.16. The monoisotopic (exact) mass is 463 g/mol. The number of thiazole rings is 1. The minimum atomic E-state index is 0.574. The second-order valence-corrected chi connectivity index (χ2v) is 10.2. The Hall–Kier alpha value is -2.67. The molecule has 7 heteroatoms. The van der Waals surface area contributed by atoms with Crippen LogP contribution in [0.3, 0.4) is 0 Å². The zero-order chi connectivity index (χ0) is 22.4. The van der Waals surface area contributed by atoms with E-state index in [4.69, 9.17) is 21.6 Å². The largest absolute Gasteiger partial charge is 0.337 e. The van der Waals surface area contributed by atoms with Crippen molar-refractivity contribution in [2.24, 2.45) is 5.92 Å². The summed E-state index contributed by atoms with van der Waals surface area (Å²) in [5.74, 6) is 1.37. The fourth-order valence-corrected chi connectivity index (χ4v) is 5.12. The lowest BCUT2D eigenvalue weighted by Gasteiger charge is -2.08. The first kappa shape index (κ1) is 21.2. The Morgan fingerprint density at radius 3 is 2.75 bits per heavy atom. The summed E-state index contributed by atoms with van der Waals surface area (Å²) in [6.45, 7) is 5.38. The van der Waals surface area contributed by atoms with E-state index in [2.05, 4.69) is 78.2 Å². The van der Waals surface area contributed by atoms with Crippen LogP contribution in [0.4, 0.5) is 0 Å². The summed E-state index contributed by atoms with van der Waals surface area (Å²) in [5, 5.41) is 4.94. The number of hydrogen-bond acceptors (Lipinski definition) is 4. The normalized spacial score (nSPS) is 12.1. The van der Waals surface area contributed by atoms with Crippen molar-refractivity contribution in [2.45, 2.75) is 26.8 Å². The van der Waals surface area contributed by atoms with Gasteiger partial charge in [-0.1, -0.05) is 37.6 Å².